The maximum Gasteiger partial charge on any atom is 0.306 e. The van der Waals surface area contributed by atoms with Crippen molar-refractivity contribution >= 4 is 11.9 Å². The summed E-state index contributed by atoms with van der Waals surface area (Å²) in [4.78, 5) is 25.8. The van der Waals surface area contributed by atoms with Gasteiger partial charge in [0.15, 0.2) is 0 Å². The van der Waals surface area contributed by atoms with Crippen molar-refractivity contribution in [1.29, 1.82) is 0 Å². The third kappa shape index (κ3) is 33.0. The molecule has 0 aliphatic heterocycles. The molecule has 0 aromatic carbocycles. The summed E-state index contributed by atoms with van der Waals surface area (Å²) in [7, 11) is 0. The molecule has 3 atom stereocenters. The topological polar surface area (TPSA) is 95.9 Å². The van der Waals surface area contributed by atoms with Crippen LogP contribution in [-0.2, 0) is 14.3 Å². The third-order valence-electron chi connectivity index (χ3n) is 9.27. The number of carbonyl (C=O) groups excluding carboxylic acids is 2. The molecule has 0 bridgehead atoms. The molecule has 6 heteroatoms. The Morgan fingerprint density at radius 1 is 0.600 bits per heavy atom. The molecule has 0 aromatic heterocycles. The molecule has 0 aromatic rings. The number of hydrogen-bond donors (Lipinski definition) is 3. The van der Waals surface area contributed by atoms with E-state index in [4.69, 9.17) is 4.74 Å². The van der Waals surface area contributed by atoms with Crippen molar-refractivity contribution in [2.24, 2.45) is 0 Å². The van der Waals surface area contributed by atoms with E-state index in [0.717, 1.165) is 83.5 Å². The standard InChI is InChI=1S/C44H79NO5/c1-4-7-10-13-16-18-19-20-21-22-23-25-28-31-34-37-44(49)50-40(35-32-29-26-15-12-9-6-3)38-43(48)45-41(39-46)42(47)36-33-30-27-24-17-14-11-8-5-2/h7,10,13,16,18-21,40-42,46-47H,4-6,8-9,11-12,14-15,17,22-39H2,1-3H3,(H,45,48)/b10-7+,16-13+,19-18+,21-20-. The Morgan fingerprint density at radius 3 is 1.64 bits per heavy atom. The Bertz CT molecular complexity index is 880. The highest BCUT2D eigenvalue weighted by molar-refractivity contribution is 5.77. The number of hydrogen-bond acceptors (Lipinski definition) is 5. The molecule has 0 spiro atoms. The van der Waals surface area contributed by atoms with Crippen LogP contribution in [0.5, 0.6) is 0 Å². The molecule has 50 heavy (non-hydrogen) atoms. The van der Waals surface area contributed by atoms with Crippen molar-refractivity contribution in [3.63, 3.8) is 0 Å². The summed E-state index contributed by atoms with van der Waals surface area (Å²) in [5.74, 6) is -0.509. The van der Waals surface area contributed by atoms with Crippen LogP contribution in [0.1, 0.15) is 194 Å². The van der Waals surface area contributed by atoms with Crippen LogP contribution in [-0.4, -0.2) is 46.9 Å². The molecule has 0 aliphatic carbocycles. The number of allylic oxidation sites excluding steroid dienone is 8. The fourth-order valence-corrected chi connectivity index (χ4v) is 6.09. The Morgan fingerprint density at radius 2 is 1.08 bits per heavy atom. The Kier molecular flexibility index (Phi) is 36.4. The molecule has 0 saturated heterocycles. The first-order valence-electron chi connectivity index (χ1n) is 20.9. The van der Waals surface area contributed by atoms with Crippen molar-refractivity contribution in [3.05, 3.63) is 48.6 Å². The summed E-state index contributed by atoms with van der Waals surface area (Å²) >= 11 is 0. The molecule has 3 unspecified atom stereocenters. The Balaban J connectivity index is 4.53. The average Bonchev–Trinajstić information content (AvgIpc) is 3.10. The smallest absolute Gasteiger partial charge is 0.306 e. The summed E-state index contributed by atoms with van der Waals surface area (Å²) in [5, 5.41) is 23.4. The molecule has 1 amide bonds. The highest BCUT2D eigenvalue weighted by atomic mass is 16.5. The molecular weight excluding hydrogens is 622 g/mol. The maximum atomic E-state index is 13.0. The van der Waals surface area contributed by atoms with Gasteiger partial charge in [0.1, 0.15) is 6.10 Å². The maximum absolute atomic E-state index is 13.0. The lowest BCUT2D eigenvalue weighted by Crippen LogP contribution is -2.46. The molecule has 3 N–H and O–H groups in total. The van der Waals surface area contributed by atoms with Crippen LogP contribution in [0.4, 0.5) is 0 Å². The molecular formula is C44H79NO5. The normalized spacial score (nSPS) is 13.9. The summed E-state index contributed by atoms with van der Waals surface area (Å²) < 4.78 is 5.85. The zero-order valence-corrected chi connectivity index (χ0v) is 32.8. The summed E-state index contributed by atoms with van der Waals surface area (Å²) in [6.07, 6.45) is 43.2. The second-order valence-corrected chi connectivity index (χ2v) is 14.1. The number of aliphatic hydroxyl groups excluding tert-OH is 2. The second-order valence-electron chi connectivity index (χ2n) is 14.1. The zero-order valence-electron chi connectivity index (χ0n) is 32.8. The number of carbonyl (C=O) groups is 2. The average molecular weight is 702 g/mol. The van der Waals surface area contributed by atoms with Crippen LogP contribution in [0.3, 0.4) is 0 Å². The Labute approximate surface area is 308 Å². The monoisotopic (exact) mass is 702 g/mol. The van der Waals surface area contributed by atoms with Gasteiger partial charge in [-0.25, -0.2) is 0 Å². The number of amides is 1. The number of rotatable bonds is 36. The van der Waals surface area contributed by atoms with Gasteiger partial charge in [0.2, 0.25) is 5.91 Å². The number of unbranched alkanes of at least 4 members (excludes halogenated alkanes) is 19. The van der Waals surface area contributed by atoms with Gasteiger partial charge in [-0.2, -0.15) is 0 Å². The van der Waals surface area contributed by atoms with Crippen LogP contribution in [0, 0.1) is 0 Å². The van der Waals surface area contributed by atoms with Gasteiger partial charge < -0.3 is 20.3 Å². The Hall–Kier alpha value is -2.18. The minimum atomic E-state index is -0.786. The van der Waals surface area contributed by atoms with Crippen LogP contribution < -0.4 is 5.32 Å². The second kappa shape index (κ2) is 38.1. The van der Waals surface area contributed by atoms with Gasteiger partial charge in [0.25, 0.3) is 0 Å². The van der Waals surface area contributed by atoms with Crippen molar-refractivity contribution in [3.8, 4) is 0 Å². The highest BCUT2D eigenvalue weighted by Gasteiger charge is 2.24. The van der Waals surface area contributed by atoms with Crippen molar-refractivity contribution in [2.75, 3.05) is 6.61 Å². The molecule has 0 rings (SSSR count). The van der Waals surface area contributed by atoms with Gasteiger partial charge in [0.05, 0.1) is 25.2 Å². The van der Waals surface area contributed by atoms with Gasteiger partial charge >= 0.3 is 5.97 Å². The number of nitrogens with one attached hydrogen (secondary N) is 1. The van der Waals surface area contributed by atoms with E-state index in [-0.39, 0.29) is 24.9 Å². The SMILES string of the molecule is CC/C=C/C=C/C=C/C=C\CCCCCCCC(=O)OC(CCCCCCCCC)CC(=O)NC(CO)C(O)CCCCCCCCCCC. The van der Waals surface area contributed by atoms with Gasteiger partial charge in [-0.1, -0.05) is 185 Å². The fraction of sp³-hybridized carbons (Fsp3) is 0.773. The van der Waals surface area contributed by atoms with Crippen LogP contribution in [0.15, 0.2) is 48.6 Å². The lowest BCUT2D eigenvalue weighted by Gasteiger charge is -2.24. The number of esters is 1. The van der Waals surface area contributed by atoms with Gasteiger partial charge in [-0.15, -0.1) is 0 Å². The van der Waals surface area contributed by atoms with Gasteiger partial charge in [0, 0.05) is 6.42 Å². The van der Waals surface area contributed by atoms with Crippen LogP contribution in [0.2, 0.25) is 0 Å². The molecule has 0 fully saturated rings. The van der Waals surface area contributed by atoms with E-state index in [2.05, 4.69) is 56.5 Å². The van der Waals surface area contributed by atoms with Crippen molar-refractivity contribution < 1.29 is 24.5 Å². The molecule has 0 radical (unpaired) electrons. The van der Waals surface area contributed by atoms with E-state index in [0.29, 0.717) is 19.3 Å². The summed E-state index contributed by atoms with van der Waals surface area (Å²) in [6, 6.07) is -0.700. The highest BCUT2D eigenvalue weighted by Crippen LogP contribution is 2.17. The first kappa shape index (κ1) is 47.8. The van der Waals surface area contributed by atoms with Gasteiger partial charge in [-0.3, -0.25) is 9.59 Å². The van der Waals surface area contributed by atoms with Crippen molar-refractivity contribution in [2.45, 2.75) is 212 Å². The largest absolute Gasteiger partial charge is 0.462 e. The zero-order chi connectivity index (χ0) is 36.8. The van der Waals surface area contributed by atoms with Gasteiger partial charge in [-0.05, 0) is 44.9 Å². The minimum Gasteiger partial charge on any atom is -0.462 e. The number of ether oxygens (including phenoxy) is 1. The van der Waals surface area contributed by atoms with E-state index in [1.165, 1.54) is 64.2 Å². The van der Waals surface area contributed by atoms with Crippen LogP contribution >= 0.6 is 0 Å². The number of aliphatic hydroxyl groups is 2. The molecule has 0 heterocycles. The first-order valence-corrected chi connectivity index (χ1v) is 20.9. The molecule has 0 saturated carbocycles. The predicted octanol–water partition coefficient (Wildman–Crippen LogP) is 11.6. The minimum absolute atomic E-state index is 0.0672. The summed E-state index contributed by atoms with van der Waals surface area (Å²) in [6.45, 7) is 6.26. The quantitative estimate of drug-likeness (QED) is 0.0343. The summed E-state index contributed by atoms with van der Waals surface area (Å²) in [5.41, 5.74) is 0. The lowest BCUT2D eigenvalue weighted by atomic mass is 10.0. The first-order chi connectivity index (χ1) is 24.5. The fourth-order valence-electron chi connectivity index (χ4n) is 6.09. The lowest BCUT2D eigenvalue weighted by molar-refractivity contribution is -0.151. The van der Waals surface area contributed by atoms with Crippen LogP contribution in [0.25, 0.3) is 0 Å². The van der Waals surface area contributed by atoms with E-state index >= 15 is 0 Å². The van der Waals surface area contributed by atoms with E-state index in [1.807, 2.05) is 18.2 Å². The van der Waals surface area contributed by atoms with E-state index in [1.54, 1.807) is 0 Å². The predicted molar refractivity (Wildman–Crippen MR) is 213 cm³/mol. The third-order valence-corrected chi connectivity index (χ3v) is 9.27. The molecule has 6 nitrogen and oxygen atoms in total. The molecule has 0 aliphatic rings. The van der Waals surface area contributed by atoms with E-state index < -0.39 is 18.2 Å². The molecule has 290 valence electrons. The van der Waals surface area contributed by atoms with Crippen molar-refractivity contribution in [1.82, 2.24) is 5.32 Å². The van der Waals surface area contributed by atoms with E-state index in [9.17, 15) is 19.8 Å².